The van der Waals surface area contributed by atoms with Crippen molar-refractivity contribution in [3.05, 3.63) is 69.2 Å². The minimum atomic E-state index is -1.85. The first-order valence-corrected chi connectivity index (χ1v) is 8.37. The molecule has 3 N–H and O–H groups in total. The number of carbonyl (C=O) groups excluding carboxylic acids is 1. The molecule has 0 radical (unpaired) electrons. The quantitative estimate of drug-likeness (QED) is 0.852. The Labute approximate surface area is 152 Å². The molecule has 0 heterocycles. The zero-order chi connectivity index (χ0) is 18.1. The molecule has 24 heavy (non-hydrogen) atoms. The number of rotatable bonds is 4. The van der Waals surface area contributed by atoms with Crippen LogP contribution in [0, 0.1) is 0 Å². The van der Waals surface area contributed by atoms with Crippen molar-refractivity contribution in [2.75, 3.05) is 0 Å². The number of benzene rings is 2. The highest BCUT2D eigenvalue weighted by molar-refractivity contribution is 6.42. The molecular weight excluding hydrogens is 345 g/mol. The number of hydrogen-bond acceptors (Lipinski definition) is 2. The monoisotopic (exact) mass is 365 g/mol. The first-order chi connectivity index (χ1) is 11.0. The van der Waals surface area contributed by atoms with Crippen molar-refractivity contribution in [2.24, 2.45) is 5.73 Å². The van der Waals surface area contributed by atoms with Crippen molar-refractivity contribution in [3.63, 3.8) is 0 Å². The van der Waals surface area contributed by atoms with Crippen LogP contribution in [0.4, 0.5) is 0 Å². The van der Waals surface area contributed by atoms with Crippen molar-refractivity contribution in [2.45, 2.75) is 38.2 Å². The molecule has 2 aromatic rings. The van der Waals surface area contributed by atoms with Crippen LogP contribution < -0.4 is 5.73 Å². The summed E-state index contributed by atoms with van der Waals surface area (Å²) in [7, 11) is 0. The van der Waals surface area contributed by atoms with Crippen LogP contribution in [0.5, 0.6) is 0 Å². The van der Waals surface area contributed by atoms with Crippen molar-refractivity contribution >= 4 is 29.1 Å². The lowest BCUT2D eigenvalue weighted by Gasteiger charge is -2.26. The van der Waals surface area contributed by atoms with Crippen LogP contribution in [0.3, 0.4) is 0 Å². The molecular formula is C19H21Cl2NO2. The molecule has 3 nitrogen and oxygen atoms in total. The van der Waals surface area contributed by atoms with E-state index < -0.39 is 11.5 Å². The summed E-state index contributed by atoms with van der Waals surface area (Å²) in [6.45, 7) is 6.37. The van der Waals surface area contributed by atoms with Crippen molar-refractivity contribution in [1.29, 1.82) is 0 Å². The molecule has 2 rings (SSSR count). The molecule has 0 saturated carbocycles. The maximum absolute atomic E-state index is 11.9. The largest absolute Gasteiger partial charge is 0.375 e. The van der Waals surface area contributed by atoms with Gasteiger partial charge in [0.2, 0.25) is 0 Å². The van der Waals surface area contributed by atoms with E-state index >= 15 is 0 Å². The molecule has 1 unspecified atom stereocenters. The third-order valence-corrected chi connectivity index (χ3v) is 4.82. The van der Waals surface area contributed by atoms with Crippen LogP contribution in [0.15, 0.2) is 42.5 Å². The maximum atomic E-state index is 11.9. The van der Waals surface area contributed by atoms with Gasteiger partial charge in [0.1, 0.15) is 0 Å². The number of halogens is 2. The summed E-state index contributed by atoms with van der Waals surface area (Å²) in [5, 5.41) is 11.5. The predicted molar refractivity (Wildman–Crippen MR) is 98.4 cm³/mol. The number of primary amides is 1. The minimum Gasteiger partial charge on any atom is -0.375 e. The van der Waals surface area contributed by atoms with E-state index in [9.17, 15) is 9.90 Å². The maximum Gasteiger partial charge on any atom is 0.254 e. The molecule has 1 atom stereocenters. The van der Waals surface area contributed by atoms with Crippen molar-refractivity contribution < 1.29 is 9.90 Å². The Morgan fingerprint density at radius 3 is 2.00 bits per heavy atom. The van der Waals surface area contributed by atoms with Crippen LogP contribution in [-0.4, -0.2) is 11.0 Å². The summed E-state index contributed by atoms with van der Waals surface area (Å²) in [5.74, 6) is -0.833. The smallest absolute Gasteiger partial charge is 0.254 e. The summed E-state index contributed by atoms with van der Waals surface area (Å²) in [4.78, 5) is 11.9. The lowest BCUT2D eigenvalue weighted by Crippen LogP contribution is -2.43. The number of amides is 1. The summed E-state index contributed by atoms with van der Waals surface area (Å²) in [6, 6.07) is 12.3. The van der Waals surface area contributed by atoms with Crippen molar-refractivity contribution in [1.82, 2.24) is 0 Å². The fraction of sp³-hybridized carbons (Fsp3) is 0.316. The third kappa shape index (κ3) is 3.92. The van der Waals surface area contributed by atoms with Gasteiger partial charge in [-0.25, -0.2) is 0 Å². The van der Waals surface area contributed by atoms with E-state index in [1.54, 1.807) is 6.07 Å². The first kappa shape index (κ1) is 18.8. The molecule has 0 spiro atoms. The fourth-order valence-corrected chi connectivity index (χ4v) is 2.80. The Balaban J connectivity index is 2.37. The second-order valence-corrected chi connectivity index (χ2v) is 7.79. The van der Waals surface area contributed by atoms with E-state index in [1.165, 1.54) is 17.7 Å². The van der Waals surface area contributed by atoms with Gasteiger partial charge in [-0.1, -0.05) is 74.3 Å². The van der Waals surface area contributed by atoms with Gasteiger partial charge in [0.15, 0.2) is 5.60 Å². The van der Waals surface area contributed by atoms with E-state index in [1.807, 2.05) is 24.3 Å². The summed E-state index contributed by atoms with van der Waals surface area (Å²) in [5.41, 5.74) is 5.95. The van der Waals surface area contributed by atoms with E-state index in [2.05, 4.69) is 20.8 Å². The van der Waals surface area contributed by atoms with E-state index in [4.69, 9.17) is 28.9 Å². The summed E-state index contributed by atoms with van der Waals surface area (Å²) >= 11 is 11.9. The standard InChI is InChI=1S/C19H21Cl2NO2/c1-18(2,3)13-6-4-12(5-7-13)11-19(24,17(22)23)14-8-9-15(20)16(21)10-14/h4-10,24H,11H2,1-3H3,(H2,22,23). The highest BCUT2D eigenvalue weighted by atomic mass is 35.5. The number of aliphatic hydroxyl groups is 1. The average Bonchev–Trinajstić information content (AvgIpc) is 2.49. The Bertz CT molecular complexity index is 751. The Morgan fingerprint density at radius 1 is 1.00 bits per heavy atom. The van der Waals surface area contributed by atoms with E-state index in [0.29, 0.717) is 10.6 Å². The molecule has 128 valence electrons. The van der Waals surface area contributed by atoms with Gasteiger partial charge in [0, 0.05) is 6.42 Å². The van der Waals surface area contributed by atoms with Crippen LogP contribution in [-0.2, 0) is 22.2 Å². The SMILES string of the molecule is CC(C)(C)c1ccc(CC(O)(C(N)=O)c2ccc(Cl)c(Cl)c2)cc1. The molecule has 2 aromatic carbocycles. The van der Waals surface area contributed by atoms with Gasteiger partial charge in [0.25, 0.3) is 5.91 Å². The number of nitrogens with two attached hydrogens (primary N) is 1. The van der Waals surface area contributed by atoms with Gasteiger partial charge in [-0.2, -0.15) is 0 Å². The second-order valence-electron chi connectivity index (χ2n) is 6.98. The number of carbonyl (C=O) groups is 1. The molecule has 0 aliphatic heterocycles. The van der Waals surface area contributed by atoms with Gasteiger partial charge >= 0.3 is 0 Å². The second kappa shape index (κ2) is 6.75. The lowest BCUT2D eigenvalue weighted by molar-refractivity contribution is -0.137. The highest BCUT2D eigenvalue weighted by Crippen LogP contribution is 2.32. The Kier molecular flexibility index (Phi) is 5.28. The molecule has 0 bridgehead atoms. The van der Waals surface area contributed by atoms with Crippen molar-refractivity contribution in [3.8, 4) is 0 Å². The molecule has 1 amide bonds. The molecule has 0 aliphatic carbocycles. The van der Waals surface area contributed by atoms with Gasteiger partial charge in [0.05, 0.1) is 10.0 Å². The lowest BCUT2D eigenvalue weighted by atomic mass is 9.83. The van der Waals surface area contributed by atoms with Gasteiger partial charge in [-0.05, 0) is 34.2 Å². The van der Waals surface area contributed by atoms with Crippen LogP contribution in [0.2, 0.25) is 10.0 Å². The van der Waals surface area contributed by atoms with Crippen LogP contribution >= 0.6 is 23.2 Å². The van der Waals surface area contributed by atoms with E-state index in [0.717, 1.165) is 5.56 Å². The average molecular weight is 366 g/mol. The van der Waals surface area contributed by atoms with Crippen LogP contribution in [0.1, 0.15) is 37.5 Å². The fourth-order valence-electron chi connectivity index (χ4n) is 2.50. The van der Waals surface area contributed by atoms with E-state index in [-0.39, 0.29) is 16.9 Å². The Hall–Kier alpha value is -1.55. The van der Waals surface area contributed by atoms with Gasteiger partial charge in [-0.15, -0.1) is 0 Å². The zero-order valence-corrected chi connectivity index (χ0v) is 15.4. The molecule has 0 aliphatic rings. The summed E-state index contributed by atoms with van der Waals surface area (Å²) < 4.78 is 0. The molecule has 0 fully saturated rings. The summed E-state index contributed by atoms with van der Waals surface area (Å²) in [6.07, 6.45) is 0.0602. The topological polar surface area (TPSA) is 63.3 Å². The zero-order valence-electron chi connectivity index (χ0n) is 13.9. The first-order valence-electron chi connectivity index (χ1n) is 7.61. The third-order valence-electron chi connectivity index (χ3n) is 4.08. The highest BCUT2D eigenvalue weighted by Gasteiger charge is 2.36. The van der Waals surface area contributed by atoms with Crippen LogP contribution in [0.25, 0.3) is 0 Å². The van der Waals surface area contributed by atoms with Gasteiger partial charge < -0.3 is 10.8 Å². The molecule has 0 saturated heterocycles. The van der Waals surface area contributed by atoms with Gasteiger partial charge in [-0.3, -0.25) is 4.79 Å². The normalized spacial score (nSPS) is 14.2. The number of hydrogen-bond donors (Lipinski definition) is 2. The minimum absolute atomic E-state index is 0.0300. The Morgan fingerprint density at radius 2 is 1.54 bits per heavy atom. The molecule has 5 heteroatoms. The molecule has 0 aromatic heterocycles. The predicted octanol–water partition coefficient (Wildman–Crippen LogP) is 4.21.